The maximum atomic E-state index is 4.64. The zero-order valence-electron chi connectivity index (χ0n) is 20.7. The van der Waals surface area contributed by atoms with Crippen molar-refractivity contribution < 1.29 is 0 Å². The van der Waals surface area contributed by atoms with Gasteiger partial charge in [-0.05, 0) is 99.4 Å². The van der Waals surface area contributed by atoms with Gasteiger partial charge in [0.05, 0.1) is 0 Å². The predicted octanol–water partition coefficient (Wildman–Crippen LogP) is 9.25. The van der Waals surface area contributed by atoms with Crippen molar-refractivity contribution in [1.29, 1.82) is 0 Å². The number of hydrogen-bond acceptors (Lipinski definition) is 0. The van der Waals surface area contributed by atoms with Gasteiger partial charge in [0.2, 0.25) is 0 Å². The fraction of sp³-hybridized carbons (Fsp3) is 0.273. The van der Waals surface area contributed by atoms with Crippen molar-refractivity contribution in [2.24, 2.45) is 0 Å². The molecule has 3 aromatic rings. The van der Waals surface area contributed by atoms with Crippen LogP contribution in [0.5, 0.6) is 0 Å². The van der Waals surface area contributed by atoms with E-state index in [-0.39, 0.29) is 0 Å². The van der Waals surface area contributed by atoms with Crippen molar-refractivity contribution in [3.05, 3.63) is 112 Å². The first kappa shape index (κ1) is 23.1. The van der Waals surface area contributed by atoms with E-state index in [9.17, 15) is 0 Å². The second kappa shape index (κ2) is 9.79. The normalized spacial score (nSPS) is 14.1. The minimum absolute atomic E-state index is 0.937. The molecule has 1 aliphatic rings. The van der Waals surface area contributed by atoms with Gasteiger partial charge in [0.15, 0.2) is 0 Å². The minimum Gasteiger partial charge on any atom is -0.0952 e. The lowest BCUT2D eigenvalue weighted by molar-refractivity contribution is 0.973. The van der Waals surface area contributed by atoms with Crippen molar-refractivity contribution in [3.8, 4) is 11.1 Å². The third kappa shape index (κ3) is 4.40. The average molecular weight is 433 g/mol. The first-order valence-corrected chi connectivity index (χ1v) is 12.4. The molecule has 0 saturated heterocycles. The third-order valence-electron chi connectivity index (χ3n) is 6.96. The quantitative estimate of drug-likeness (QED) is 0.349. The molecule has 0 aliphatic heterocycles. The van der Waals surface area contributed by atoms with Crippen molar-refractivity contribution >= 4 is 17.2 Å². The van der Waals surface area contributed by atoms with Crippen molar-refractivity contribution in [1.82, 2.24) is 0 Å². The van der Waals surface area contributed by atoms with Crippen LogP contribution in [0.3, 0.4) is 0 Å². The number of hydrogen-bond donors (Lipinski definition) is 0. The van der Waals surface area contributed by atoms with Crippen LogP contribution < -0.4 is 0 Å². The molecule has 0 spiro atoms. The summed E-state index contributed by atoms with van der Waals surface area (Å²) in [6, 6.07) is 20.0. The van der Waals surface area contributed by atoms with Crippen LogP contribution in [0.15, 0.2) is 73.3 Å². The lowest BCUT2D eigenvalue weighted by atomic mass is 9.81. The molecule has 0 aromatic heterocycles. The van der Waals surface area contributed by atoms with Gasteiger partial charge in [-0.15, -0.1) is 0 Å². The summed E-state index contributed by atoms with van der Waals surface area (Å²) < 4.78 is 0. The number of benzene rings is 3. The van der Waals surface area contributed by atoms with Crippen LogP contribution in [0.2, 0.25) is 0 Å². The van der Waals surface area contributed by atoms with Crippen LogP contribution in [-0.4, -0.2) is 0 Å². The van der Waals surface area contributed by atoms with E-state index in [1.165, 1.54) is 66.8 Å². The Morgan fingerprint density at radius 3 is 2.36 bits per heavy atom. The first-order chi connectivity index (χ1) is 16.0. The molecule has 3 aromatic carbocycles. The maximum absolute atomic E-state index is 4.64. The van der Waals surface area contributed by atoms with E-state index in [1.807, 2.05) is 0 Å². The fourth-order valence-electron chi connectivity index (χ4n) is 5.27. The Balaban J connectivity index is 2.00. The highest BCUT2D eigenvalue weighted by atomic mass is 14.3. The Kier molecular flexibility index (Phi) is 6.84. The molecule has 0 N–H and O–H groups in total. The average Bonchev–Trinajstić information content (AvgIpc) is 3.12. The molecule has 0 bridgehead atoms. The Hall–Kier alpha value is -3.12. The highest BCUT2D eigenvalue weighted by Crippen LogP contribution is 2.48. The molecule has 0 atom stereocenters. The Morgan fingerprint density at radius 2 is 1.70 bits per heavy atom. The number of fused-ring (bicyclic) bond motifs is 1. The van der Waals surface area contributed by atoms with Crippen LogP contribution in [0.1, 0.15) is 72.6 Å². The number of aryl methyl sites for hydroxylation is 3. The molecular weight excluding hydrogens is 396 g/mol. The van der Waals surface area contributed by atoms with Crippen LogP contribution in [0.25, 0.3) is 28.3 Å². The first-order valence-electron chi connectivity index (χ1n) is 12.4. The summed E-state index contributed by atoms with van der Waals surface area (Å²) in [6.07, 6.45) is 7.42. The lowest BCUT2D eigenvalue weighted by Gasteiger charge is -2.22. The van der Waals surface area contributed by atoms with Gasteiger partial charge in [-0.3, -0.25) is 0 Å². The van der Waals surface area contributed by atoms with E-state index >= 15 is 0 Å². The second-order valence-corrected chi connectivity index (χ2v) is 9.27. The van der Waals surface area contributed by atoms with Crippen molar-refractivity contribution in [2.75, 3.05) is 0 Å². The summed E-state index contributed by atoms with van der Waals surface area (Å²) in [5.41, 5.74) is 15.9. The second-order valence-electron chi connectivity index (χ2n) is 9.27. The van der Waals surface area contributed by atoms with Crippen LogP contribution in [0, 0.1) is 6.92 Å². The zero-order valence-corrected chi connectivity index (χ0v) is 20.7. The van der Waals surface area contributed by atoms with E-state index in [0.717, 1.165) is 32.1 Å². The summed E-state index contributed by atoms with van der Waals surface area (Å²) in [5.74, 6) is 0. The van der Waals surface area contributed by atoms with Gasteiger partial charge in [0.1, 0.15) is 0 Å². The third-order valence-corrected chi connectivity index (χ3v) is 6.96. The molecule has 0 unspecified atom stereocenters. The molecule has 4 rings (SSSR count). The number of allylic oxidation sites excluding steroid dienone is 3. The van der Waals surface area contributed by atoms with Gasteiger partial charge in [0.25, 0.3) is 0 Å². The summed E-state index contributed by atoms with van der Waals surface area (Å²) in [7, 11) is 0. The number of rotatable bonds is 7. The van der Waals surface area contributed by atoms with Gasteiger partial charge in [-0.2, -0.15) is 0 Å². The molecule has 0 heteroatoms. The molecule has 0 heterocycles. The smallest absolute Gasteiger partial charge is 0.00131 e. The zero-order chi connectivity index (χ0) is 23.5. The standard InChI is InChI=1S/C33H36/c1-7-13-22(4)31-23(5)18-29-21-28(19-26-14-11-10-12-15-26)24(6)32(29)33(31)30-20-25(8-2)16-17-27(30)9-3/h10-12,14-20H,4,6-9,13,21H2,1-3,5H3/b28-19+. The predicted molar refractivity (Wildman–Crippen MR) is 146 cm³/mol. The highest BCUT2D eigenvalue weighted by Gasteiger charge is 2.28. The van der Waals surface area contributed by atoms with Gasteiger partial charge < -0.3 is 0 Å². The Morgan fingerprint density at radius 1 is 0.939 bits per heavy atom. The SMILES string of the molecule is C=C(CCC)c1c(C)cc2c(c1-c1cc(CC)ccc1CC)C(=C)/C(=C/c1ccccc1)C2. The van der Waals surface area contributed by atoms with Gasteiger partial charge in [-0.25, -0.2) is 0 Å². The van der Waals surface area contributed by atoms with Crippen LogP contribution >= 0.6 is 0 Å². The van der Waals surface area contributed by atoms with Crippen LogP contribution in [-0.2, 0) is 19.3 Å². The summed E-state index contributed by atoms with van der Waals surface area (Å²) in [5, 5.41) is 0. The topological polar surface area (TPSA) is 0 Å². The molecule has 0 radical (unpaired) electrons. The van der Waals surface area contributed by atoms with E-state index in [1.54, 1.807) is 0 Å². The maximum Gasteiger partial charge on any atom is -0.00131 e. The summed E-state index contributed by atoms with van der Waals surface area (Å²) >= 11 is 0. The highest BCUT2D eigenvalue weighted by molar-refractivity contribution is 6.00. The minimum atomic E-state index is 0.937. The molecular formula is C33H36. The molecule has 0 nitrogen and oxygen atoms in total. The lowest BCUT2D eigenvalue weighted by Crippen LogP contribution is -2.02. The molecule has 0 amide bonds. The molecule has 168 valence electrons. The molecule has 1 aliphatic carbocycles. The van der Waals surface area contributed by atoms with Gasteiger partial charge in [0, 0.05) is 0 Å². The Bertz CT molecular complexity index is 1230. The summed E-state index contributed by atoms with van der Waals surface area (Å²) in [6.45, 7) is 18.2. The van der Waals surface area contributed by atoms with E-state index in [0.29, 0.717) is 0 Å². The van der Waals surface area contributed by atoms with Gasteiger partial charge in [-0.1, -0.05) is 101 Å². The fourth-order valence-corrected chi connectivity index (χ4v) is 5.27. The monoisotopic (exact) mass is 432 g/mol. The van der Waals surface area contributed by atoms with Gasteiger partial charge >= 0.3 is 0 Å². The van der Waals surface area contributed by atoms with E-state index < -0.39 is 0 Å². The summed E-state index contributed by atoms with van der Waals surface area (Å²) in [4.78, 5) is 0. The Labute approximate surface area is 200 Å². The van der Waals surface area contributed by atoms with Crippen LogP contribution in [0.4, 0.5) is 0 Å². The van der Waals surface area contributed by atoms with Crippen molar-refractivity contribution in [2.45, 2.75) is 59.8 Å². The van der Waals surface area contributed by atoms with E-state index in [4.69, 9.17) is 0 Å². The largest absolute Gasteiger partial charge is 0.0952 e. The molecule has 0 fully saturated rings. The molecule has 0 saturated carbocycles. The molecule has 33 heavy (non-hydrogen) atoms. The van der Waals surface area contributed by atoms with E-state index in [2.05, 4.69) is 102 Å². The van der Waals surface area contributed by atoms with Crippen molar-refractivity contribution in [3.63, 3.8) is 0 Å².